The average Bonchev–Trinajstić information content (AvgIpc) is 3.27. The van der Waals surface area contributed by atoms with Gasteiger partial charge in [-0.15, -0.1) is 24.0 Å². The van der Waals surface area contributed by atoms with E-state index in [0.717, 1.165) is 25.1 Å². The van der Waals surface area contributed by atoms with Gasteiger partial charge in [-0.05, 0) is 43.9 Å². The lowest BCUT2D eigenvalue weighted by molar-refractivity contribution is 0.407. The molecule has 2 fully saturated rings. The Morgan fingerprint density at radius 3 is 2.68 bits per heavy atom. The van der Waals surface area contributed by atoms with Crippen LogP contribution in [0.1, 0.15) is 44.6 Å². The van der Waals surface area contributed by atoms with Crippen molar-refractivity contribution >= 4 is 39.8 Å². The molecule has 0 bridgehead atoms. The van der Waals surface area contributed by atoms with Crippen LogP contribution in [0.15, 0.2) is 29.3 Å². The second-order valence-corrected chi connectivity index (χ2v) is 9.89. The zero-order valence-electron chi connectivity index (χ0n) is 16.7. The van der Waals surface area contributed by atoms with E-state index in [1.54, 1.807) is 7.11 Å². The van der Waals surface area contributed by atoms with Crippen LogP contribution < -0.4 is 15.4 Å². The summed E-state index contributed by atoms with van der Waals surface area (Å²) in [6, 6.07) is 8.27. The molecule has 2 aliphatic rings. The number of benzene rings is 1. The highest BCUT2D eigenvalue weighted by Gasteiger charge is 2.36. The van der Waals surface area contributed by atoms with Crippen LogP contribution in [0.3, 0.4) is 0 Å². The van der Waals surface area contributed by atoms with E-state index in [1.165, 1.54) is 18.4 Å². The fourth-order valence-electron chi connectivity index (χ4n) is 4.20. The van der Waals surface area contributed by atoms with Crippen LogP contribution in [0.5, 0.6) is 5.75 Å². The van der Waals surface area contributed by atoms with Crippen LogP contribution >= 0.6 is 24.0 Å². The molecule has 1 aromatic carbocycles. The first-order valence-electron chi connectivity index (χ1n) is 9.86. The van der Waals surface area contributed by atoms with Gasteiger partial charge in [0.2, 0.25) is 0 Å². The monoisotopic (exact) mass is 521 g/mol. The third-order valence-electron chi connectivity index (χ3n) is 5.70. The highest BCUT2D eigenvalue weighted by molar-refractivity contribution is 14.0. The minimum atomic E-state index is -2.91. The molecule has 0 radical (unpaired) electrons. The molecule has 1 heterocycles. The summed E-state index contributed by atoms with van der Waals surface area (Å²) < 4.78 is 28.9. The van der Waals surface area contributed by atoms with Gasteiger partial charge < -0.3 is 15.4 Å². The summed E-state index contributed by atoms with van der Waals surface area (Å²) in [5, 5.41) is 6.59. The number of halogens is 1. The van der Waals surface area contributed by atoms with Crippen molar-refractivity contribution in [2.45, 2.75) is 50.5 Å². The topological polar surface area (TPSA) is 79.8 Å². The molecular formula is C20H32IN3O3S. The highest BCUT2D eigenvalue weighted by atomic mass is 127. The van der Waals surface area contributed by atoms with E-state index in [1.807, 2.05) is 19.1 Å². The Kier molecular flexibility index (Phi) is 8.42. The summed E-state index contributed by atoms with van der Waals surface area (Å²) in [5.74, 6) is 2.05. The third kappa shape index (κ3) is 5.75. The van der Waals surface area contributed by atoms with E-state index in [9.17, 15) is 8.42 Å². The molecule has 0 amide bonds. The molecule has 6 nitrogen and oxygen atoms in total. The van der Waals surface area contributed by atoms with Crippen molar-refractivity contribution in [3.63, 3.8) is 0 Å². The molecule has 28 heavy (non-hydrogen) atoms. The van der Waals surface area contributed by atoms with E-state index in [2.05, 4.69) is 22.8 Å². The lowest BCUT2D eigenvalue weighted by Crippen LogP contribution is -2.44. The Morgan fingerprint density at radius 1 is 1.32 bits per heavy atom. The second-order valence-electron chi connectivity index (χ2n) is 7.66. The van der Waals surface area contributed by atoms with Crippen LogP contribution in [0.2, 0.25) is 0 Å². The van der Waals surface area contributed by atoms with Crippen molar-refractivity contribution in [1.29, 1.82) is 0 Å². The molecule has 0 aromatic heterocycles. The van der Waals surface area contributed by atoms with Crippen LogP contribution in [-0.2, 0) is 15.3 Å². The molecule has 1 unspecified atom stereocenters. The minimum absolute atomic E-state index is 0. The number of guanidine groups is 1. The van der Waals surface area contributed by atoms with Crippen LogP contribution in [-0.4, -0.2) is 52.1 Å². The average molecular weight is 521 g/mol. The maximum atomic E-state index is 11.7. The Morgan fingerprint density at radius 2 is 2.07 bits per heavy atom. The summed E-state index contributed by atoms with van der Waals surface area (Å²) in [7, 11) is -1.21. The minimum Gasteiger partial charge on any atom is -0.497 e. The van der Waals surface area contributed by atoms with Gasteiger partial charge in [-0.3, -0.25) is 4.99 Å². The summed E-state index contributed by atoms with van der Waals surface area (Å²) >= 11 is 0. The lowest BCUT2D eigenvalue weighted by atomic mass is 9.79. The van der Waals surface area contributed by atoms with Crippen LogP contribution in [0.25, 0.3) is 0 Å². The Bertz CT molecular complexity index is 777. The number of hydrogen-bond acceptors (Lipinski definition) is 4. The van der Waals surface area contributed by atoms with Crippen LogP contribution in [0.4, 0.5) is 0 Å². The lowest BCUT2D eigenvalue weighted by Gasteiger charge is -2.29. The quantitative estimate of drug-likeness (QED) is 0.342. The van der Waals surface area contributed by atoms with E-state index in [-0.39, 0.29) is 46.9 Å². The largest absolute Gasteiger partial charge is 0.497 e. The normalized spacial score (nSPS) is 23.1. The second kappa shape index (κ2) is 10.1. The van der Waals surface area contributed by atoms with Gasteiger partial charge in [-0.2, -0.15) is 0 Å². The molecule has 1 aromatic rings. The summed E-state index contributed by atoms with van der Waals surface area (Å²) in [5.41, 5.74) is 1.31. The Hall–Kier alpha value is -1.03. The maximum absolute atomic E-state index is 11.7. The zero-order chi connectivity index (χ0) is 19.3. The maximum Gasteiger partial charge on any atom is 0.191 e. The van der Waals surface area contributed by atoms with E-state index in [0.29, 0.717) is 18.9 Å². The van der Waals surface area contributed by atoms with Gasteiger partial charge in [0.15, 0.2) is 15.8 Å². The van der Waals surface area contributed by atoms with Crippen molar-refractivity contribution in [1.82, 2.24) is 10.6 Å². The first-order valence-corrected chi connectivity index (χ1v) is 11.7. The summed E-state index contributed by atoms with van der Waals surface area (Å²) in [6.07, 6.45) is 5.28. The Balaban J connectivity index is 0.00000280. The number of sulfone groups is 1. The molecular weight excluding hydrogens is 489 g/mol. The first-order chi connectivity index (χ1) is 13.0. The predicted molar refractivity (Wildman–Crippen MR) is 125 cm³/mol. The van der Waals surface area contributed by atoms with E-state index >= 15 is 0 Å². The molecule has 8 heteroatoms. The Labute approximate surface area is 185 Å². The predicted octanol–water partition coefficient (Wildman–Crippen LogP) is 2.87. The highest BCUT2D eigenvalue weighted by Crippen LogP contribution is 2.42. The molecule has 1 aliphatic heterocycles. The smallest absolute Gasteiger partial charge is 0.191 e. The number of hydrogen-bond donors (Lipinski definition) is 2. The van der Waals surface area contributed by atoms with Gasteiger partial charge in [-0.25, -0.2) is 8.42 Å². The molecule has 1 saturated heterocycles. The molecule has 1 saturated carbocycles. The third-order valence-corrected chi connectivity index (χ3v) is 7.47. The van der Waals surface area contributed by atoms with Gasteiger partial charge in [0, 0.05) is 18.0 Å². The zero-order valence-corrected chi connectivity index (χ0v) is 19.9. The number of ether oxygens (including phenoxy) is 1. The van der Waals surface area contributed by atoms with Gasteiger partial charge >= 0.3 is 0 Å². The fraction of sp³-hybridized carbons (Fsp3) is 0.650. The van der Waals surface area contributed by atoms with Gasteiger partial charge in [0.05, 0.1) is 25.2 Å². The van der Waals surface area contributed by atoms with Gasteiger partial charge in [0.1, 0.15) is 5.75 Å². The van der Waals surface area contributed by atoms with Crippen molar-refractivity contribution in [3.8, 4) is 5.75 Å². The number of aliphatic imine (C=N–C) groups is 1. The van der Waals surface area contributed by atoms with Gasteiger partial charge in [0.25, 0.3) is 0 Å². The molecule has 0 spiro atoms. The number of methoxy groups -OCH3 is 1. The van der Waals surface area contributed by atoms with Crippen molar-refractivity contribution < 1.29 is 13.2 Å². The molecule has 158 valence electrons. The summed E-state index contributed by atoms with van der Waals surface area (Å²) in [6.45, 7) is 3.46. The van der Waals surface area contributed by atoms with E-state index < -0.39 is 9.84 Å². The van der Waals surface area contributed by atoms with Crippen molar-refractivity contribution in [2.75, 3.05) is 31.7 Å². The van der Waals surface area contributed by atoms with Gasteiger partial charge in [-0.1, -0.05) is 25.0 Å². The number of rotatable bonds is 6. The first kappa shape index (κ1) is 23.3. The van der Waals surface area contributed by atoms with Crippen LogP contribution in [0, 0.1) is 0 Å². The summed E-state index contributed by atoms with van der Waals surface area (Å²) in [4.78, 5) is 4.87. The number of nitrogens with zero attached hydrogens (tertiary/aromatic N) is 1. The molecule has 2 N–H and O–H groups in total. The molecule has 3 rings (SSSR count). The standard InChI is InChI=1S/C20H31N3O3S.HI/c1-3-21-19(23-17-9-12-27(24,25)14-17)22-15-20(10-4-5-11-20)16-7-6-8-18(13-16)26-2;/h6-8,13,17H,3-5,9-12,14-15H2,1-2H3,(H2,21,22,23);1H. The molecule has 1 atom stereocenters. The fourth-order valence-corrected chi connectivity index (χ4v) is 5.87. The number of nitrogens with one attached hydrogen (secondary N) is 2. The SMILES string of the molecule is CCNC(=NCC1(c2cccc(OC)c2)CCCC1)NC1CCS(=O)(=O)C1.I. The van der Waals surface area contributed by atoms with Crippen molar-refractivity contribution in [3.05, 3.63) is 29.8 Å². The van der Waals surface area contributed by atoms with Crippen molar-refractivity contribution in [2.24, 2.45) is 4.99 Å². The van der Waals surface area contributed by atoms with E-state index in [4.69, 9.17) is 9.73 Å². The molecule has 1 aliphatic carbocycles.